The zero-order chi connectivity index (χ0) is 15.2. The van der Waals surface area contributed by atoms with E-state index in [4.69, 9.17) is 4.42 Å². The standard InChI is InChI=1S/C18H18O3/c1-11(19)15-16-13(20)9-18(2,3)10-14(16)21-17(15)12-7-5-4-6-8-12/h4-8H,9-10H2,1-3H3. The van der Waals surface area contributed by atoms with Crippen molar-refractivity contribution >= 4 is 11.6 Å². The van der Waals surface area contributed by atoms with Gasteiger partial charge < -0.3 is 4.42 Å². The van der Waals surface area contributed by atoms with Gasteiger partial charge in [-0.15, -0.1) is 0 Å². The molecule has 1 aliphatic carbocycles. The number of ketones is 2. The Balaban J connectivity index is 2.25. The average Bonchev–Trinajstić information content (AvgIpc) is 2.77. The van der Waals surface area contributed by atoms with E-state index < -0.39 is 0 Å². The summed E-state index contributed by atoms with van der Waals surface area (Å²) in [6.45, 7) is 5.59. The summed E-state index contributed by atoms with van der Waals surface area (Å²) in [5, 5.41) is 0. The molecule has 108 valence electrons. The Morgan fingerprint density at radius 3 is 2.43 bits per heavy atom. The van der Waals surface area contributed by atoms with E-state index in [9.17, 15) is 9.59 Å². The first kappa shape index (κ1) is 13.8. The van der Waals surface area contributed by atoms with Crippen molar-refractivity contribution in [3.63, 3.8) is 0 Å². The van der Waals surface area contributed by atoms with Crippen LogP contribution in [0, 0.1) is 5.41 Å². The van der Waals surface area contributed by atoms with Gasteiger partial charge in [0.1, 0.15) is 11.5 Å². The van der Waals surface area contributed by atoms with Gasteiger partial charge in [-0.1, -0.05) is 44.2 Å². The number of hydrogen-bond donors (Lipinski definition) is 0. The predicted octanol–water partition coefficient (Wildman–Crippen LogP) is 4.30. The molecule has 21 heavy (non-hydrogen) atoms. The molecule has 1 aromatic heterocycles. The normalized spacial score (nSPS) is 16.6. The van der Waals surface area contributed by atoms with E-state index >= 15 is 0 Å². The molecule has 3 nitrogen and oxygen atoms in total. The van der Waals surface area contributed by atoms with Crippen LogP contribution in [0.4, 0.5) is 0 Å². The summed E-state index contributed by atoms with van der Waals surface area (Å²) in [7, 11) is 0. The summed E-state index contributed by atoms with van der Waals surface area (Å²) in [6.07, 6.45) is 1.13. The Hall–Kier alpha value is -2.16. The maximum absolute atomic E-state index is 12.5. The summed E-state index contributed by atoms with van der Waals surface area (Å²) in [6, 6.07) is 9.49. The van der Waals surface area contributed by atoms with Gasteiger partial charge in [0, 0.05) is 18.4 Å². The second-order valence-corrected chi connectivity index (χ2v) is 6.47. The molecule has 0 spiro atoms. The van der Waals surface area contributed by atoms with E-state index in [2.05, 4.69) is 0 Å². The van der Waals surface area contributed by atoms with Crippen LogP contribution in [0.15, 0.2) is 34.7 Å². The van der Waals surface area contributed by atoms with E-state index in [0.29, 0.717) is 35.5 Å². The van der Waals surface area contributed by atoms with Crippen molar-refractivity contribution in [3.05, 3.63) is 47.2 Å². The molecule has 0 radical (unpaired) electrons. The second-order valence-electron chi connectivity index (χ2n) is 6.47. The largest absolute Gasteiger partial charge is 0.459 e. The Morgan fingerprint density at radius 1 is 1.14 bits per heavy atom. The predicted molar refractivity (Wildman–Crippen MR) is 80.6 cm³/mol. The topological polar surface area (TPSA) is 47.3 Å². The van der Waals surface area contributed by atoms with Crippen LogP contribution in [-0.4, -0.2) is 11.6 Å². The quantitative estimate of drug-likeness (QED) is 0.771. The van der Waals surface area contributed by atoms with Crippen molar-refractivity contribution in [2.45, 2.75) is 33.6 Å². The number of rotatable bonds is 2. The fourth-order valence-electron chi connectivity index (χ4n) is 3.05. The Morgan fingerprint density at radius 2 is 1.81 bits per heavy atom. The monoisotopic (exact) mass is 282 g/mol. The van der Waals surface area contributed by atoms with Crippen LogP contribution < -0.4 is 0 Å². The van der Waals surface area contributed by atoms with Crippen molar-refractivity contribution in [2.75, 3.05) is 0 Å². The van der Waals surface area contributed by atoms with Crippen molar-refractivity contribution in [1.29, 1.82) is 0 Å². The first-order chi connectivity index (χ1) is 9.89. The lowest BCUT2D eigenvalue weighted by Crippen LogP contribution is -2.26. The molecule has 0 unspecified atom stereocenters. The van der Waals surface area contributed by atoms with Crippen LogP contribution in [0.1, 0.15) is 53.7 Å². The molecular formula is C18H18O3. The fourth-order valence-corrected chi connectivity index (χ4v) is 3.05. The zero-order valence-corrected chi connectivity index (χ0v) is 12.5. The Kier molecular flexibility index (Phi) is 3.08. The Labute approximate surface area is 124 Å². The van der Waals surface area contributed by atoms with Crippen molar-refractivity contribution < 1.29 is 14.0 Å². The van der Waals surface area contributed by atoms with E-state index in [-0.39, 0.29) is 17.0 Å². The smallest absolute Gasteiger partial charge is 0.167 e. The van der Waals surface area contributed by atoms with Gasteiger partial charge >= 0.3 is 0 Å². The molecule has 0 amide bonds. The first-order valence-electron chi connectivity index (χ1n) is 7.14. The highest BCUT2D eigenvalue weighted by molar-refractivity contribution is 6.12. The molecule has 1 heterocycles. The van der Waals surface area contributed by atoms with Crippen LogP contribution in [-0.2, 0) is 6.42 Å². The summed E-state index contributed by atoms with van der Waals surface area (Å²) in [5.41, 5.74) is 1.66. The molecular weight excluding hydrogens is 264 g/mol. The van der Waals surface area contributed by atoms with Crippen LogP contribution in [0.2, 0.25) is 0 Å². The molecule has 0 N–H and O–H groups in total. The van der Waals surface area contributed by atoms with Gasteiger partial charge in [0.2, 0.25) is 0 Å². The number of Topliss-reactive ketones (excluding diaryl/α,β-unsaturated/α-hetero) is 2. The van der Waals surface area contributed by atoms with E-state index in [0.717, 1.165) is 5.56 Å². The van der Waals surface area contributed by atoms with Crippen LogP contribution in [0.5, 0.6) is 0 Å². The summed E-state index contributed by atoms with van der Waals surface area (Å²) in [5.74, 6) is 1.07. The van der Waals surface area contributed by atoms with Crippen LogP contribution in [0.25, 0.3) is 11.3 Å². The average molecular weight is 282 g/mol. The molecule has 0 atom stereocenters. The van der Waals surface area contributed by atoms with Crippen LogP contribution in [0.3, 0.4) is 0 Å². The van der Waals surface area contributed by atoms with E-state index in [1.165, 1.54) is 6.92 Å². The molecule has 1 aliphatic rings. The highest BCUT2D eigenvalue weighted by Crippen LogP contribution is 2.41. The molecule has 0 saturated carbocycles. The van der Waals surface area contributed by atoms with Gasteiger partial charge in [0.25, 0.3) is 0 Å². The molecule has 3 rings (SSSR count). The van der Waals surface area contributed by atoms with Gasteiger partial charge in [0.05, 0.1) is 11.1 Å². The third-order valence-corrected chi connectivity index (χ3v) is 3.93. The molecule has 0 fully saturated rings. The van der Waals surface area contributed by atoms with E-state index in [1.807, 2.05) is 44.2 Å². The second kappa shape index (κ2) is 4.69. The number of furan rings is 1. The summed E-state index contributed by atoms with van der Waals surface area (Å²) >= 11 is 0. The van der Waals surface area contributed by atoms with Gasteiger partial charge in [0.15, 0.2) is 11.6 Å². The zero-order valence-electron chi connectivity index (χ0n) is 12.5. The summed E-state index contributed by atoms with van der Waals surface area (Å²) < 4.78 is 5.95. The minimum absolute atomic E-state index is 0.0115. The number of benzene rings is 1. The lowest BCUT2D eigenvalue weighted by atomic mass is 9.75. The number of fused-ring (bicyclic) bond motifs is 1. The molecule has 0 saturated heterocycles. The molecule has 1 aromatic carbocycles. The van der Waals surface area contributed by atoms with E-state index in [1.54, 1.807) is 0 Å². The molecule has 0 aliphatic heterocycles. The van der Waals surface area contributed by atoms with Crippen LogP contribution >= 0.6 is 0 Å². The maximum atomic E-state index is 12.5. The number of carbonyl (C=O) groups excluding carboxylic acids is 2. The third kappa shape index (κ3) is 2.33. The maximum Gasteiger partial charge on any atom is 0.167 e. The Bertz CT molecular complexity index is 720. The lowest BCUT2D eigenvalue weighted by molar-refractivity contribution is 0.0895. The van der Waals surface area contributed by atoms with Gasteiger partial charge in [-0.2, -0.15) is 0 Å². The van der Waals surface area contributed by atoms with Gasteiger partial charge in [-0.25, -0.2) is 0 Å². The molecule has 3 heteroatoms. The minimum Gasteiger partial charge on any atom is -0.459 e. The molecule has 2 aromatic rings. The van der Waals surface area contributed by atoms with Crippen molar-refractivity contribution in [3.8, 4) is 11.3 Å². The van der Waals surface area contributed by atoms with Gasteiger partial charge in [-0.05, 0) is 12.3 Å². The first-order valence-corrected chi connectivity index (χ1v) is 7.14. The highest BCUT2D eigenvalue weighted by Gasteiger charge is 2.38. The number of carbonyl (C=O) groups is 2. The van der Waals surface area contributed by atoms with Crippen molar-refractivity contribution in [2.24, 2.45) is 5.41 Å². The fraction of sp³-hybridized carbons (Fsp3) is 0.333. The molecule has 0 bridgehead atoms. The minimum atomic E-state index is -0.121. The lowest BCUT2D eigenvalue weighted by Gasteiger charge is -2.27. The highest BCUT2D eigenvalue weighted by atomic mass is 16.3. The number of hydrogen-bond acceptors (Lipinski definition) is 3. The van der Waals surface area contributed by atoms with Gasteiger partial charge in [-0.3, -0.25) is 9.59 Å². The van der Waals surface area contributed by atoms with Crippen molar-refractivity contribution in [1.82, 2.24) is 0 Å². The SMILES string of the molecule is CC(=O)c1c(-c2ccccc2)oc2c1C(=O)CC(C)(C)C2. The third-order valence-electron chi connectivity index (χ3n) is 3.93. The summed E-state index contributed by atoms with van der Waals surface area (Å²) in [4.78, 5) is 24.5.